The van der Waals surface area contributed by atoms with Crippen molar-refractivity contribution < 1.29 is 0 Å². The van der Waals surface area contributed by atoms with E-state index < -0.39 is 0 Å². The van der Waals surface area contributed by atoms with Crippen LogP contribution in [0.5, 0.6) is 0 Å². The van der Waals surface area contributed by atoms with Gasteiger partial charge in [-0.3, -0.25) is 0 Å². The maximum absolute atomic E-state index is 6.93. The first-order valence-corrected chi connectivity index (χ1v) is 18.5. The van der Waals surface area contributed by atoms with Crippen molar-refractivity contribution >= 4 is 65.4 Å². The summed E-state index contributed by atoms with van der Waals surface area (Å²) in [7, 11) is 0. The standard InChI is InChI=1S/C48H28BrCl/c49-41-25-39-40(26-42(41)50)44(28-13-5-2-6-14-28)48-38-24-22-32(35-19-10-20-37(46(35)38)47(48)43(39)27-11-3-1-4-12-27)31-21-23-36-30-16-8-7-15-29(30)33-17-9-18-34(31)45(33)36/h1-3,5-11,13-26H,4,12H2. The fraction of sp³-hybridized carbons (Fsp3) is 0.0417. The summed E-state index contributed by atoms with van der Waals surface area (Å²) in [6, 6.07) is 47.3. The lowest BCUT2D eigenvalue weighted by molar-refractivity contribution is 1.06. The molecule has 0 radical (unpaired) electrons. The molecule has 0 unspecified atom stereocenters. The lowest BCUT2D eigenvalue weighted by Gasteiger charge is -2.23. The molecule has 8 aromatic rings. The van der Waals surface area contributed by atoms with E-state index >= 15 is 0 Å². The third kappa shape index (κ3) is 3.82. The Kier molecular flexibility index (Phi) is 6.09. The fourth-order valence-corrected chi connectivity index (χ4v) is 9.68. The number of rotatable bonds is 3. The zero-order valence-electron chi connectivity index (χ0n) is 27.0. The van der Waals surface area contributed by atoms with E-state index in [1.54, 1.807) is 0 Å². The van der Waals surface area contributed by atoms with Crippen molar-refractivity contribution in [2.24, 2.45) is 0 Å². The Morgan fingerprint density at radius 1 is 0.460 bits per heavy atom. The van der Waals surface area contributed by atoms with E-state index in [9.17, 15) is 0 Å². The molecule has 0 bridgehead atoms. The molecule has 234 valence electrons. The van der Waals surface area contributed by atoms with E-state index in [4.69, 9.17) is 11.6 Å². The summed E-state index contributed by atoms with van der Waals surface area (Å²) in [4.78, 5) is 0. The molecule has 0 saturated heterocycles. The van der Waals surface area contributed by atoms with Gasteiger partial charge >= 0.3 is 0 Å². The molecular formula is C48H28BrCl. The summed E-state index contributed by atoms with van der Waals surface area (Å²) in [5.41, 5.74) is 18.3. The minimum absolute atomic E-state index is 0.725. The molecule has 0 heterocycles. The highest BCUT2D eigenvalue weighted by Gasteiger charge is 2.32. The van der Waals surface area contributed by atoms with Crippen LogP contribution in [-0.4, -0.2) is 0 Å². The third-order valence-corrected chi connectivity index (χ3v) is 12.4. The number of hydrogen-bond donors (Lipinski definition) is 0. The van der Waals surface area contributed by atoms with E-state index in [0.717, 1.165) is 22.3 Å². The fourth-order valence-electron chi connectivity index (χ4n) is 9.17. The number of halogens is 2. The first-order valence-electron chi connectivity index (χ1n) is 17.3. The molecule has 0 fully saturated rings. The molecule has 0 spiro atoms. The van der Waals surface area contributed by atoms with Crippen LogP contribution in [0.2, 0.25) is 5.02 Å². The minimum atomic E-state index is 0.725. The van der Waals surface area contributed by atoms with Crippen LogP contribution in [0.25, 0.3) is 105 Å². The largest absolute Gasteiger partial charge is 0.0842 e. The number of fused-ring (bicyclic) bond motifs is 7. The monoisotopic (exact) mass is 718 g/mol. The molecular weight excluding hydrogens is 692 g/mol. The quantitative estimate of drug-likeness (QED) is 0.171. The molecule has 0 amide bonds. The van der Waals surface area contributed by atoms with Gasteiger partial charge in [-0.1, -0.05) is 145 Å². The normalized spacial score (nSPS) is 13.7. The number of benzene rings is 8. The highest BCUT2D eigenvalue weighted by atomic mass is 79.9. The van der Waals surface area contributed by atoms with Crippen LogP contribution in [0.15, 0.2) is 150 Å². The molecule has 2 heteroatoms. The molecule has 8 aromatic carbocycles. The SMILES string of the molecule is Clc1cc2c(-c3ccccc3)c3c(c(C4=CC=CCC4)c2cc1Br)-c1cccc2c(-c4ccc5c6c(cccc46)-c4ccccc4-5)ccc-3c12. The van der Waals surface area contributed by atoms with Gasteiger partial charge in [0.05, 0.1) is 5.02 Å². The molecule has 50 heavy (non-hydrogen) atoms. The van der Waals surface area contributed by atoms with Gasteiger partial charge in [-0.25, -0.2) is 0 Å². The molecule has 11 rings (SSSR count). The van der Waals surface area contributed by atoms with E-state index in [1.807, 2.05) is 0 Å². The lowest BCUT2D eigenvalue weighted by Crippen LogP contribution is -1.98. The molecule has 0 atom stereocenters. The summed E-state index contributed by atoms with van der Waals surface area (Å²) in [5, 5.41) is 8.43. The highest BCUT2D eigenvalue weighted by molar-refractivity contribution is 9.10. The first kappa shape index (κ1) is 28.6. The van der Waals surface area contributed by atoms with Gasteiger partial charge in [0.15, 0.2) is 0 Å². The van der Waals surface area contributed by atoms with Crippen molar-refractivity contribution in [2.75, 3.05) is 0 Å². The van der Waals surface area contributed by atoms with Crippen LogP contribution in [-0.2, 0) is 0 Å². The van der Waals surface area contributed by atoms with Crippen LogP contribution in [0.4, 0.5) is 0 Å². The van der Waals surface area contributed by atoms with Crippen molar-refractivity contribution in [3.8, 4) is 66.8 Å². The Bertz CT molecular complexity index is 2840. The summed E-state index contributed by atoms with van der Waals surface area (Å²) in [6.07, 6.45) is 8.86. The summed E-state index contributed by atoms with van der Waals surface area (Å²) >= 11 is 10.7. The average Bonchev–Trinajstić information content (AvgIpc) is 3.67. The van der Waals surface area contributed by atoms with Gasteiger partial charge in [0.25, 0.3) is 0 Å². The van der Waals surface area contributed by atoms with Crippen molar-refractivity contribution in [3.05, 3.63) is 161 Å². The highest BCUT2D eigenvalue weighted by Crippen LogP contribution is 2.59. The van der Waals surface area contributed by atoms with Crippen LogP contribution < -0.4 is 0 Å². The van der Waals surface area contributed by atoms with Crippen molar-refractivity contribution in [3.63, 3.8) is 0 Å². The predicted molar refractivity (Wildman–Crippen MR) is 218 cm³/mol. The van der Waals surface area contributed by atoms with Crippen LogP contribution in [0.3, 0.4) is 0 Å². The van der Waals surface area contributed by atoms with Crippen LogP contribution in [0, 0.1) is 0 Å². The second kappa shape index (κ2) is 10.6. The smallest absolute Gasteiger partial charge is 0.0554 e. The van der Waals surface area contributed by atoms with Gasteiger partial charge in [0.1, 0.15) is 0 Å². The zero-order chi connectivity index (χ0) is 33.1. The van der Waals surface area contributed by atoms with Gasteiger partial charge in [-0.15, -0.1) is 0 Å². The molecule has 0 N–H and O–H groups in total. The van der Waals surface area contributed by atoms with Crippen molar-refractivity contribution in [2.45, 2.75) is 12.8 Å². The molecule has 0 aliphatic heterocycles. The Morgan fingerprint density at radius 3 is 1.74 bits per heavy atom. The topological polar surface area (TPSA) is 0 Å². The van der Waals surface area contributed by atoms with Crippen molar-refractivity contribution in [1.29, 1.82) is 0 Å². The molecule has 0 saturated carbocycles. The Hall–Kier alpha value is -5.21. The first-order chi connectivity index (χ1) is 24.7. The van der Waals surface area contributed by atoms with E-state index in [1.165, 1.54) is 110 Å². The van der Waals surface area contributed by atoms with Gasteiger partial charge in [0, 0.05) is 4.47 Å². The maximum Gasteiger partial charge on any atom is 0.0554 e. The van der Waals surface area contributed by atoms with Gasteiger partial charge in [-0.05, 0) is 151 Å². The Labute approximate surface area is 304 Å². The molecule has 0 nitrogen and oxygen atoms in total. The Morgan fingerprint density at radius 2 is 1.02 bits per heavy atom. The summed E-state index contributed by atoms with van der Waals surface area (Å²) < 4.78 is 0.920. The average molecular weight is 720 g/mol. The second-order valence-electron chi connectivity index (χ2n) is 13.7. The maximum atomic E-state index is 6.93. The van der Waals surface area contributed by atoms with Crippen molar-refractivity contribution in [1.82, 2.24) is 0 Å². The number of allylic oxidation sites excluding steroid dienone is 4. The second-order valence-corrected chi connectivity index (χ2v) is 14.9. The third-order valence-electron chi connectivity index (χ3n) is 11.2. The van der Waals surface area contributed by atoms with E-state index in [2.05, 4.69) is 162 Å². The number of hydrogen-bond acceptors (Lipinski definition) is 0. The van der Waals surface area contributed by atoms with Crippen LogP contribution in [0.1, 0.15) is 18.4 Å². The van der Waals surface area contributed by atoms with E-state index in [0.29, 0.717) is 0 Å². The van der Waals surface area contributed by atoms with Gasteiger partial charge in [0.2, 0.25) is 0 Å². The summed E-state index contributed by atoms with van der Waals surface area (Å²) in [6.45, 7) is 0. The van der Waals surface area contributed by atoms with Gasteiger partial charge in [-0.2, -0.15) is 0 Å². The predicted octanol–water partition coefficient (Wildman–Crippen LogP) is 14.9. The lowest BCUT2D eigenvalue weighted by atomic mass is 9.81. The molecule has 3 aliphatic carbocycles. The van der Waals surface area contributed by atoms with Gasteiger partial charge < -0.3 is 0 Å². The minimum Gasteiger partial charge on any atom is -0.0842 e. The van der Waals surface area contributed by atoms with E-state index in [-0.39, 0.29) is 0 Å². The Balaban J connectivity index is 1.26. The summed E-state index contributed by atoms with van der Waals surface area (Å²) in [5.74, 6) is 0. The zero-order valence-corrected chi connectivity index (χ0v) is 29.4. The molecule has 3 aliphatic rings. The molecule has 0 aromatic heterocycles. The van der Waals surface area contributed by atoms with Crippen LogP contribution >= 0.6 is 27.5 Å².